The van der Waals surface area contributed by atoms with Crippen LogP contribution >= 0.6 is 11.6 Å². The number of carbonyl (C=O) groups excluding carboxylic acids is 1. The van der Waals surface area contributed by atoms with Crippen LogP contribution in [0.2, 0.25) is 5.02 Å². The van der Waals surface area contributed by atoms with Crippen molar-refractivity contribution in [3.63, 3.8) is 0 Å². The highest BCUT2D eigenvalue weighted by molar-refractivity contribution is 6.34. The minimum Gasteiger partial charge on any atom is -0.350 e. The van der Waals surface area contributed by atoms with Crippen molar-refractivity contribution in [1.82, 2.24) is 24.4 Å². The average molecular weight is 607 g/mol. The lowest BCUT2D eigenvalue weighted by Gasteiger charge is -2.40. The number of anilines is 1. The van der Waals surface area contributed by atoms with E-state index in [1.807, 2.05) is 36.1 Å². The van der Waals surface area contributed by atoms with Crippen molar-refractivity contribution in [3.05, 3.63) is 94.2 Å². The van der Waals surface area contributed by atoms with Crippen LogP contribution < -0.4 is 10.6 Å². The van der Waals surface area contributed by atoms with Gasteiger partial charge in [-0.1, -0.05) is 55.1 Å². The monoisotopic (exact) mass is 606 g/mol. The Morgan fingerprint density at radius 3 is 2.60 bits per heavy atom. The van der Waals surface area contributed by atoms with Crippen molar-refractivity contribution in [2.75, 3.05) is 37.9 Å². The molecule has 1 amide bonds. The van der Waals surface area contributed by atoms with Gasteiger partial charge in [-0.15, -0.1) is 0 Å². The molecule has 0 unspecified atom stereocenters. The minimum absolute atomic E-state index is 0.0951. The van der Waals surface area contributed by atoms with Gasteiger partial charge < -0.3 is 9.80 Å². The zero-order valence-corrected chi connectivity index (χ0v) is 24.7. The zero-order chi connectivity index (χ0) is 30.8. The topological polar surface area (TPSA) is 84.2 Å². The first-order valence-corrected chi connectivity index (χ1v) is 14.2. The molecule has 1 aliphatic rings. The van der Waals surface area contributed by atoms with Crippen molar-refractivity contribution in [2.24, 2.45) is 0 Å². The fourth-order valence-electron chi connectivity index (χ4n) is 5.56. The molecule has 0 radical (unpaired) electrons. The summed E-state index contributed by atoms with van der Waals surface area (Å²) in [6, 6.07) is 10.6. The molecule has 0 spiro atoms. The van der Waals surface area contributed by atoms with E-state index in [0.717, 1.165) is 5.56 Å². The second-order valence-electron chi connectivity index (χ2n) is 10.4. The third-order valence-electron chi connectivity index (χ3n) is 7.76. The summed E-state index contributed by atoms with van der Waals surface area (Å²) in [5.41, 5.74) is 2.29. The van der Waals surface area contributed by atoms with Crippen molar-refractivity contribution in [2.45, 2.75) is 25.8 Å². The maximum absolute atomic E-state index is 14.0. The van der Waals surface area contributed by atoms with Crippen LogP contribution in [-0.2, 0) is 4.79 Å². The summed E-state index contributed by atoms with van der Waals surface area (Å²) >= 11 is 6.89. The van der Waals surface area contributed by atoms with Gasteiger partial charge in [0.2, 0.25) is 5.91 Å². The molecule has 1 saturated heterocycles. The second kappa shape index (κ2) is 12.4. The van der Waals surface area contributed by atoms with Crippen LogP contribution in [0.3, 0.4) is 0 Å². The molecule has 0 bridgehead atoms. The summed E-state index contributed by atoms with van der Waals surface area (Å²) in [5.74, 6) is -1.01. The average Bonchev–Trinajstić information content (AvgIpc) is 3.01. The van der Waals surface area contributed by atoms with Gasteiger partial charge in [-0.05, 0) is 43.2 Å². The molecule has 3 aromatic heterocycles. The highest BCUT2D eigenvalue weighted by Gasteiger charge is 2.31. The van der Waals surface area contributed by atoms with Gasteiger partial charge in [-0.2, -0.15) is 4.98 Å². The fraction of sp³-hybridized carbons (Fsp3) is 0.281. The van der Waals surface area contributed by atoms with Crippen LogP contribution in [0.1, 0.15) is 29.7 Å². The van der Waals surface area contributed by atoms with E-state index in [-0.39, 0.29) is 29.0 Å². The van der Waals surface area contributed by atoms with Gasteiger partial charge >= 0.3 is 5.69 Å². The minimum atomic E-state index is -1.18. The van der Waals surface area contributed by atoms with Gasteiger partial charge in [0.1, 0.15) is 19.2 Å². The smallest absolute Gasteiger partial charge is 0.350 e. The lowest BCUT2D eigenvalue weighted by molar-refractivity contribution is -0.126. The molecular formula is C32H31ClF2N6O2. The number of halogens is 3. The molecule has 0 aliphatic carbocycles. The molecule has 0 saturated carbocycles. The summed E-state index contributed by atoms with van der Waals surface area (Å²) in [6.07, 6.45) is 4.42. The molecule has 8 nitrogen and oxygen atoms in total. The number of hydrogen-bond acceptors (Lipinski definition) is 6. The van der Waals surface area contributed by atoms with Crippen molar-refractivity contribution >= 4 is 40.4 Å². The standard InChI is InChI=1S/C32H31ClF2N6O2/c1-5-21-9-7-8-10-23(21)28-25(33)15-24-30(40-14-13-39(18-20(40)4)26(42)6-2)38-32(43)41(31(24)37-28)29-19(3)11-12-36-27(29)22(16-34)17-35/h5-12,15,20,22H,1-2,13-14,16-18H2,3-4H3/t20-/m0/s1/i42+2. The Morgan fingerprint density at radius 1 is 1.19 bits per heavy atom. The third kappa shape index (κ3) is 5.43. The Balaban J connectivity index is 1.83. The zero-order valence-electron chi connectivity index (χ0n) is 23.9. The lowest BCUT2D eigenvalue weighted by Crippen LogP contribution is -2.54. The van der Waals surface area contributed by atoms with Gasteiger partial charge in [0, 0.05) is 37.4 Å². The number of rotatable bonds is 8. The highest BCUT2D eigenvalue weighted by atomic mass is 35.5. The van der Waals surface area contributed by atoms with Gasteiger partial charge in [-0.3, -0.25) is 18.6 Å². The first kappa shape index (κ1) is 30.0. The number of pyridine rings is 2. The van der Waals surface area contributed by atoms with Gasteiger partial charge in [0.15, 0.2) is 5.65 Å². The van der Waals surface area contributed by atoms with Crippen molar-refractivity contribution in [3.8, 4) is 16.9 Å². The number of fused-ring (bicyclic) bond motifs is 1. The number of piperazine rings is 1. The third-order valence-corrected chi connectivity index (χ3v) is 8.05. The second-order valence-corrected chi connectivity index (χ2v) is 10.8. The summed E-state index contributed by atoms with van der Waals surface area (Å²) < 4.78 is 29.3. The Labute approximate surface area is 253 Å². The predicted molar refractivity (Wildman–Crippen MR) is 166 cm³/mol. The van der Waals surface area contributed by atoms with Crippen LogP contribution in [0, 0.1) is 6.92 Å². The Morgan fingerprint density at radius 2 is 1.93 bits per heavy atom. The van der Waals surface area contributed by atoms with Crippen LogP contribution in [0.15, 0.2) is 66.6 Å². The van der Waals surface area contributed by atoms with E-state index >= 15 is 0 Å². The fourth-order valence-corrected chi connectivity index (χ4v) is 5.81. The Hall–Kier alpha value is -4.44. The molecular weight excluding hydrogens is 576 g/mol. The van der Waals surface area contributed by atoms with E-state index in [0.29, 0.717) is 52.7 Å². The molecule has 1 fully saturated rings. The Bertz CT molecular complexity index is 1790. The van der Waals surface area contributed by atoms with Crippen LogP contribution in [0.5, 0.6) is 0 Å². The molecule has 222 valence electrons. The quantitative estimate of drug-likeness (QED) is 0.189. The Kier molecular flexibility index (Phi) is 8.68. The molecule has 1 aliphatic heterocycles. The number of alkyl halides is 2. The van der Waals surface area contributed by atoms with E-state index < -0.39 is 25.0 Å². The SMILES string of the molecule is C=CC(=[18O])N1CCN(c2nc(=O)n(-c3c(C)ccnc3C(CF)CF)c3nc(-c4ccccc4C=C)c(Cl)cc23)[C@@H](C)C1. The molecule has 5 rings (SSSR count). The molecule has 4 heterocycles. The van der Waals surface area contributed by atoms with E-state index in [1.165, 1.54) is 16.8 Å². The molecule has 43 heavy (non-hydrogen) atoms. The molecule has 1 atom stereocenters. The maximum atomic E-state index is 14.0. The summed E-state index contributed by atoms with van der Waals surface area (Å²) in [7, 11) is 0. The van der Waals surface area contributed by atoms with Crippen molar-refractivity contribution in [1.29, 1.82) is 0 Å². The number of aromatic nitrogens is 4. The summed E-state index contributed by atoms with van der Waals surface area (Å²) in [5, 5.41) is 0.780. The molecule has 11 heteroatoms. The van der Waals surface area contributed by atoms with Crippen LogP contribution in [0.4, 0.5) is 14.6 Å². The first-order chi connectivity index (χ1) is 20.7. The number of nitrogens with zero attached hydrogens (tertiary/aromatic N) is 6. The predicted octanol–water partition coefficient (Wildman–Crippen LogP) is 5.69. The van der Waals surface area contributed by atoms with Gasteiger partial charge in [0.05, 0.1) is 33.4 Å². The first-order valence-electron chi connectivity index (χ1n) is 13.8. The van der Waals surface area contributed by atoms with E-state index in [1.54, 1.807) is 30.0 Å². The van der Waals surface area contributed by atoms with E-state index in [4.69, 9.17) is 16.6 Å². The van der Waals surface area contributed by atoms with Crippen molar-refractivity contribution < 1.29 is 13.6 Å². The number of carbonyl (C=O) groups is 1. The highest BCUT2D eigenvalue weighted by Crippen LogP contribution is 2.36. The maximum Gasteiger partial charge on any atom is 0.355 e. The number of hydrogen-bond donors (Lipinski definition) is 0. The largest absolute Gasteiger partial charge is 0.355 e. The lowest BCUT2D eigenvalue weighted by atomic mass is 10.0. The molecule has 0 N–H and O–H groups in total. The normalized spacial score (nSPS) is 15.3. The molecule has 4 aromatic rings. The van der Waals surface area contributed by atoms with Crippen LogP contribution in [-0.4, -0.2) is 69.4 Å². The van der Waals surface area contributed by atoms with E-state index in [2.05, 4.69) is 23.1 Å². The van der Waals surface area contributed by atoms with E-state index in [9.17, 15) is 18.4 Å². The van der Waals surface area contributed by atoms with Crippen LogP contribution in [0.25, 0.3) is 34.1 Å². The summed E-state index contributed by atoms with van der Waals surface area (Å²) in [6.45, 7) is 10.3. The molecule has 1 aromatic carbocycles. The number of amides is 1. The summed E-state index contributed by atoms with van der Waals surface area (Å²) in [4.78, 5) is 43.7. The number of aryl methyl sites for hydroxylation is 1. The van der Waals surface area contributed by atoms with Gasteiger partial charge in [-0.25, -0.2) is 14.3 Å². The van der Waals surface area contributed by atoms with Gasteiger partial charge in [0.25, 0.3) is 0 Å². The number of benzene rings is 1.